The molecular weight excluding hydrogens is 300 g/mol. The van der Waals surface area contributed by atoms with E-state index < -0.39 is 0 Å². The molecule has 4 nitrogen and oxygen atoms in total. The van der Waals surface area contributed by atoms with Crippen molar-refractivity contribution in [3.05, 3.63) is 66.2 Å². The Kier molecular flexibility index (Phi) is 5.26. The quantitative estimate of drug-likeness (QED) is 0.889. The molecule has 0 spiro atoms. The number of benzene rings is 2. The average Bonchev–Trinajstić information content (AvgIpc) is 3.00. The van der Waals surface area contributed by atoms with Gasteiger partial charge >= 0.3 is 0 Å². The van der Waals surface area contributed by atoms with Crippen molar-refractivity contribution in [1.82, 2.24) is 5.32 Å². The van der Waals surface area contributed by atoms with Crippen LogP contribution in [0.5, 0.6) is 0 Å². The van der Waals surface area contributed by atoms with Gasteiger partial charge in [-0.1, -0.05) is 48.5 Å². The Hall–Kier alpha value is -2.62. The molecule has 24 heavy (non-hydrogen) atoms. The molecule has 2 amide bonds. The Bertz CT molecular complexity index is 685. The van der Waals surface area contributed by atoms with Crippen LogP contribution in [0, 0.1) is 5.92 Å². The number of para-hydroxylation sites is 1. The van der Waals surface area contributed by atoms with Gasteiger partial charge in [0, 0.05) is 37.5 Å². The zero-order valence-corrected chi connectivity index (χ0v) is 13.7. The molecule has 1 saturated heterocycles. The highest BCUT2D eigenvalue weighted by Gasteiger charge is 2.30. The maximum absolute atomic E-state index is 12.2. The number of amides is 2. The number of nitrogens with one attached hydrogen (secondary N) is 1. The number of carbonyl (C=O) groups excluding carboxylic acids is 2. The highest BCUT2D eigenvalue weighted by Crippen LogP contribution is 2.24. The van der Waals surface area contributed by atoms with E-state index in [9.17, 15) is 9.59 Å². The van der Waals surface area contributed by atoms with Crippen LogP contribution in [0.3, 0.4) is 0 Å². The van der Waals surface area contributed by atoms with Crippen molar-refractivity contribution in [1.29, 1.82) is 0 Å². The summed E-state index contributed by atoms with van der Waals surface area (Å²) in [7, 11) is 0. The summed E-state index contributed by atoms with van der Waals surface area (Å²) in [4.78, 5) is 26.0. The molecule has 1 atom stereocenters. The fourth-order valence-corrected chi connectivity index (χ4v) is 3.02. The number of anilines is 1. The summed E-state index contributed by atoms with van der Waals surface area (Å²) in [5.41, 5.74) is 2.10. The molecule has 0 aromatic heterocycles. The number of nitrogens with zero attached hydrogens (tertiary/aromatic N) is 1. The normalized spacial score (nSPS) is 17.1. The Morgan fingerprint density at radius 3 is 2.42 bits per heavy atom. The SMILES string of the molecule is O=C(CCc1ccccc1)NCC1CC(=O)N(c2ccccc2)C1. The van der Waals surface area contributed by atoms with E-state index in [1.165, 1.54) is 5.56 Å². The molecule has 1 aliphatic heterocycles. The van der Waals surface area contributed by atoms with Crippen molar-refractivity contribution < 1.29 is 9.59 Å². The van der Waals surface area contributed by atoms with Gasteiger partial charge in [-0.3, -0.25) is 9.59 Å². The first-order chi connectivity index (χ1) is 11.7. The van der Waals surface area contributed by atoms with Crippen molar-refractivity contribution in [3.8, 4) is 0 Å². The lowest BCUT2D eigenvalue weighted by Gasteiger charge is -2.16. The van der Waals surface area contributed by atoms with Crippen molar-refractivity contribution in [2.24, 2.45) is 5.92 Å². The Morgan fingerprint density at radius 2 is 1.71 bits per heavy atom. The van der Waals surface area contributed by atoms with E-state index in [0.717, 1.165) is 12.1 Å². The van der Waals surface area contributed by atoms with Gasteiger partial charge in [0.15, 0.2) is 0 Å². The molecule has 1 fully saturated rings. The summed E-state index contributed by atoms with van der Waals surface area (Å²) in [6.07, 6.45) is 1.72. The van der Waals surface area contributed by atoms with Crippen LogP contribution in [0.25, 0.3) is 0 Å². The molecule has 124 valence electrons. The molecule has 3 rings (SSSR count). The minimum Gasteiger partial charge on any atom is -0.356 e. The van der Waals surface area contributed by atoms with Gasteiger partial charge in [0.25, 0.3) is 0 Å². The summed E-state index contributed by atoms with van der Waals surface area (Å²) in [5, 5.41) is 2.97. The van der Waals surface area contributed by atoms with Crippen LogP contribution in [-0.4, -0.2) is 24.9 Å². The van der Waals surface area contributed by atoms with Gasteiger partial charge in [0.1, 0.15) is 0 Å². The van der Waals surface area contributed by atoms with Gasteiger partial charge in [-0.05, 0) is 24.1 Å². The van der Waals surface area contributed by atoms with Crippen LogP contribution in [0.15, 0.2) is 60.7 Å². The van der Waals surface area contributed by atoms with Crippen LogP contribution in [0.2, 0.25) is 0 Å². The topological polar surface area (TPSA) is 49.4 Å². The summed E-state index contributed by atoms with van der Waals surface area (Å²) in [6.45, 7) is 1.23. The van der Waals surface area contributed by atoms with Gasteiger partial charge in [0.05, 0.1) is 0 Å². The Balaban J connectivity index is 1.44. The number of hydrogen-bond acceptors (Lipinski definition) is 2. The largest absolute Gasteiger partial charge is 0.356 e. The molecular formula is C20H22N2O2. The standard InChI is InChI=1S/C20H22N2O2/c23-19(12-11-16-7-3-1-4-8-16)21-14-17-13-20(24)22(15-17)18-9-5-2-6-10-18/h1-10,17H,11-15H2,(H,21,23). The van der Waals surface area contributed by atoms with E-state index in [4.69, 9.17) is 0 Å². The molecule has 1 N–H and O–H groups in total. The molecule has 1 heterocycles. The second-order valence-electron chi connectivity index (χ2n) is 6.20. The fourth-order valence-electron chi connectivity index (χ4n) is 3.02. The highest BCUT2D eigenvalue weighted by atomic mass is 16.2. The van der Waals surface area contributed by atoms with Crippen molar-refractivity contribution in [2.75, 3.05) is 18.0 Å². The van der Waals surface area contributed by atoms with Crippen LogP contribution in [0.1, 0.15) is 18.4 Å². The maximum atomic E-state index is 12.2. The molecule has 0 radical (unpaired) electrons. The number of aryl methyl sites for hydroxylation is 1. The fraction of sp³-hybridized carbons (Fsp3) is 0.300. The first kappa shape index (κ1) is 16.2. The predicted molar refractivity (Wildman–Crippen MR) is 94.7 cm³/mol. The lowest BCUT2D eigenvalue weighted by Crippen LogP contribution is -2.31. The third kappa shape index (κ3) is 4.22. The van der Waals surface area contributed by atoms with Gasteiger partial charge in [-0.15, -0.1) is 0 Å². The van der Waals surface area contributed by atoms with Crippen LogP contribution >= 0.6 is 0 Å². The van der Waals surface area contributed by atoms with Crippen LogP contribution in [0.4, 0.5) is 5.69 Å². The van der Waals surface area contributed by atoms with E-state index in [2.05, 4.69) is 5.32 Å². The van der Waals surface area contributed by atoms with Crippen LogP contribution < -0.4 is 10.2 Å². The Labute approximate surface area is 142 Å². The molecule has 2 aromatic carbocycles. The first-order valence-electron chi connectivity index (χ1n) is 8.38. The lowest BCUT2D eigenvalue weighted by atomic mass is 10.1. The number of hydrogen-bond donors (Lipinski definition) is 1. The summed E-state index contributed by atoms with van der Waals surface area (Å²) >= 11 is 0. The summed E-state index contributed by atoms with van der Waals surface area (Å²) < 4.78 is 0. The molecule has 4 heteroatoms. The highest BCUT2D eigenvalue weighted by molar-refractivity contribution is 5.95. The maximum Gasteiger partial charge on any atom is 0.227 e. The minimum atomic E-state index is 0.0458. The average molecular weight is 322 g/mol. The zero-order chi connectivity index (χ0) is 16.8. The number of carbonyl (C=O) groups is 2. The molecule has 1 unspecified atom stereocenters. The Morgan fingerprint density at radius 1 is 1.04 bits per heavy atom. The van der Waals surface area contributed by atoms with E-state index >= 15 is 0 Å². The second kappa shape index (κ2) is 7.77. The van der Waals surface area contributed by atoms with E-state index in [1.807, 2.05) is 60.7 Å². The predicted octanol–water partition coefficient (Wildman–Crippen LogP) is 2.79. The van der Waals surface area contributed by atoms with Crippen molar-refractivity contribution >= 4 is 17.5 Å². The van der Waals surface area contributed by atoms with E-state index in [0.29, 0.717) is 25.9 Å². The van der Waals surface area contributed by atoms with Gasteiger partial charge in [-0.2, -0.15) is 0 Å². The zero-order valence-electron chi connectivity index (χ0n) is 13.7. The molecule has 1 aliphatic rings. The smallest absolute Gasteiger partial charge is 0.227 e. The minimum absolute atomic E-state index is 0.0458. The van der Waals surface area contributed by atoms with Gasteiger partial charge in [-0.25, -0.2) is 0 Å². The van der Waals surface area contributed by atoms with Gasteiger partial charge < -0.3 is 10.2 Å². The molecule has 0 saturated carbocycles. The van der Waals surface area contributed by atoms with Crippen molar-refractivity contribution in [2.45, 2.75) is 19.3 Å². The first-order valence-corrected chi connectivity index (χ1v) is 8.38. The van der Waals surface area contributed by atoms with E-state index in [-0.39, 0.29) is 17.7 Å². The van der Waals surface area contributed by atoms with Crippen LogP contribution in [-0.2, 0) is 16.0 Å². The monoisotopic (exact) mass is 322 g/mol. The third-order valence-electron chi connectivity index (χ3n) is 4.34. The third-order valence-corrected chi connectivity index (χ3v) is 4.34. The summed E-state index contributed by atoms with van der Waals surface area (Å²) in [6, 6.07) is 19.7. The number of rotatable bonds is 6. The van der Waals surface area contributed by atoms with E-state index in [1.54, 1.807) is 4.90 Å². The van der Waals surface area contributed by atoms with Crippen molar-refractivity contribution in [3.63, 3.8) is 0 Å². The molecule has 0 aliphatic carbocycles. The molecule has 2 aromatic rings. The van der Waals surface area contributed by atoms with Gasteiger partial charge in [0.2, 0.25) is 11.8 Å². The second-order valence-corrected chi connectivity index (χ2v) is 6.20. The molecule has 0 bridgehead atoms. The summed E-state index contributed by atoms with van der Waals surface area (Å²) in [5.74, 6) is 0.354. The lowest BCUT2D eigenvalue weighted by molar-refractivity contribution is -0.121.